The molecule has 0 radical (unpaired) electrons. The number of sulfone groups is 1. The molecule has 8 heteroatoms. The maximum absolute atomic E-state index is 12.6. The molecule has 0 saturated carbocycles. The molecule has 1 unspecified atom stereocenters. The van der Waals surface area contributed by atoms with E-state index in [1.165, 1.54) is 18.2 Å². The molecule has 1 rings (SSSR count). The molecule has 0 bridgehead atoms. The summed E-state index contributed by atoms with van der Waals surface area (Å²) in [6, 6.07) is 4.64. The van der Waals surface area contributed by atoms with Crippen LogP contribution >= 0.6 is 0 Å². The lowest BCUT2D eigenvalue weighted by Crippen LogP contribution is -2.25. The number of benzene rings is 1. The van der Waals surface area contributed by atoms with E-state index in [9.17, 15) is 21.6 Å². The topological polar surface area (TPSA) is 66.4 Å². The number of halogens is 3. The van der Waals surface area contributed by atoms with Crippen LogP contribution in [0.5, 0.6) is 0 Å². The zero-order valence-electron chi connectivity index (χ0n) is 10.8. The standard InChI is InChI=1S/C12H16F3NO3S/c1-9(5-4-8-17)16-10-6-2-3-7-11(10)20(18,19)12(13,14)15/h2-3,6-7,9,16-17H,4-5,8H2,1H3. The van der Waals surface area contributed by atoms with Gasteiger partial charge in [-0.05, 0) is 31.9 Å². The SMILES string of the molecule is CC(CCCO)Nc1ccccc1S(=O)(=O)C(F)(F)F. The minimum absolute atomic E-state index is 0.0332. The number of para-hydroxylation sites is 1. The number of hydrogen-bond acceptors (Lipinski definition) is 4. The van der Waals surface area contributed by atoms with E-state index in [0.29, 0.717) is 12.8 Å². The Kier molecular flexibility index (Phi) is 5.41. The molecule has 0 aliphatic carbocycles. The maximum Gasteiger partial charge on any atom is 0.501 e. The number of nitrogens with one attached hydrogen (secondary N) is 1. The molecule has 0 aliphatic heterocycles. The Hall–Kier alpha value is -1.28. The average molecular weight is 311 g/mol. The van der Waals surface area contributed by atoms with Gasteiger partial charge in [0.25, 0.3) is 9.84 Å². The molecule has 0 amide bonds. The van der Waals surface area contributed by atoms with Gasteiger partial charge in [-0.2, -0.15) is 13.2 Å². The Morgan fingerprint density at radius 3 is 2.45 bits per heavy atom. The van der Waals surface area contributed by atoms with Gasteiger partial charge in [-0.3, -0.25) is 0 Å². The van der Waals surface area contributed by atoms with Gasteiger partial charge in [-0.15, -0.1) is 0 Å². The maximum atomic E-state index is 12.6. The van der Waals surface area contributed by atoms with Crippen molar-refractivity contribution in [1.82, 2.24) is 0 Å². The Bertz CT molecular complexity index is 543. The lowest BCUT2D eigenvalue weighted by molar-refractivity contribution is -0.0435. The molecule has 20 heavy (non-hydrogen) atoms. The van der Waals surface area contributed by atoms with E-state index in [0.717, 1.165) is 6.07 Å². The van der Waals surface area contributed by atoms with Crippen molar-refractivity contribution in [2.45, 2.75) is 36.2 Å². The summed E-state index contributed by atoms with van der Waals surface area (Å²) < 4.78 is 60.7. The van der Waals surface area contributed by atoms with Gasteiger partial charge < -0.3 is 10.4 Å². The monoisotopic (exact) mass is 311 g/mol. The second-order valence-electron chi connectivity index (χ2n) is 4.36. The van der Waals surface area contributed by atoms with Gasteiger partial charge in [0, 0.05) is 12.6 Å². The van der Waals surface area contributed by atoms with Crippen LogP contribution in [0.3, 0.4) is 0 Å². The zero-order valence-corrected chi connectivity index (χ0v) is 11.6. The van der Waals surface area contributed by atoms with Crippen LogP contribution in [-0.4, -0.2) is 31.7 Å². The summed E-state index contributed by atoms with van der Waals surface area (Å²) >= 11 is 0. The van der Waals surface area contributed by atoms with Crippen molar-refractivity contribution >= 4 is 15.5 Å². The smallest absolute Gasteiger partial charge is 0.396 e. The number of aliphatic hydroxyl groups is 1. The van der Waals surface area contributed by atoms with Gasteiger partial charge in [0.05, 0.1) is 10.6 Å². The van der Waals surface area contributed by atoms with Crippen molar-refractivity contribution in [3.05, 3.63) is 24.3 Å². The highest BCUT2D eigenvalue weighted by atomic mass is 32.2. The number of hydrogen-bond donors (Lipinski definition) is 2. The van der Waals surface area contributed by atoms with Gasteiger partial charge in [-0.1, -0.05) is 12.1 Å². The highest BCUT2D eigenvalue weighted by molar-refractivity contribution is 7.92. The predicted molar refractivity (Wildman–Crippen MR) is 69.1 cm³/mol. The van der Waals surface area contributed by atoms with Gasteiger partial charge in [0.1, 0.15) is 0 Å². The molecule has 1 aromatic rings. The van der Waals surface area contributed by atoms with Crippen molar-refractivity contribution < 1.29 is 26.7 Å². The van der Waals surface area contributed by atoms with Crippen molar-refractivity contribution in [2.24, 2.45) is 0 Å². The van der Waals surface area contributed by atoms with Crippen LogP contribution in [0, 0.1) is 0 Å². The van der Waals surface area contributed by atoms with E-state index in [1.807, 2.05) is 0 Å². The van der Waals surface area contributed by atoms with Crippen LogP contribution in [-0.2, 0) is 9.84 Å². The summed E-state index contributed by atoms with van der Waals surface area (Å²) in [5.41, 5.74) is -5.42. The molecule has 0 saturated heterocycles. The fraction of sp³-hybridized carbons (Fsp3) is 0.500. The third-order valence-electron chi connectivity index (χ3n) is 2.68. The first-order valence-electron chi connectivity index (χ1n) is 5.98. The van der Waals surface area contributed by atoms with E-state index < -0.39 is 20.2 Å². The lowest BCUT2D eigenvalue weighted by atomic mass is 10.2. The number of rotatable bonds is 6. The summed E-state index contributed by atoms with van der Waals surface area (Å²) in [5.74, 6) is 0. The van der Waals surface area contributed by atoms with Crippen molar-refractivity contribution in [1.29, 1.82) is 0 Å². The van der Waals surface area contributed by atoms with Gasteiger partial charge in [0.15, 0.2) is 0 Å². The molecule has 0 aromatic heterocycles. The fourth-order valence-corrected chi connectivity index (χ4v) is 2.60. The summed E-state index contributed by atoms with van der Waals surface area (Å²) in [4.78, 5) is -0.789. The fourth-order valence-electron chi connectivity index (χ4n) is 1.68. The molecule has 0 spiro atoms. The van der Waals surface area contributed by atoms with Crippen LogP contribution in [0.4, 0.5) is 18.9 Å². The van der Waals surface area contributed by atoms with Gasteiger partial charge in [0.2, 0.25) is 0 Å². The van der Waals surface area contributed by atoms with Gasteiger partial charge >= 0.3 is 5.51 Å². The minimum Gasteiger partial charge on any atom is -0.396 e. The average Bonchev–Trinajstić information content (AvgIpc) is 2.35. The van der Waals surface area contributed by atoms with E-state index >= 15 is 0 Å². The third-order valence-corrected chi connectivity index (χ3v) is 4.22. The van der Waals surface area contributed by atoms with E-state index in [2.05, 4.69) is 5.32 Å². The van der Waals surface area contributed by atoms with Crippen LogP contribution in [0.15, 0.2) is 29.2 Å². The normalized spacial score (nSPS) is 14.1. The van der Waals surface area contributed by atoms with Crippen molar-refractivity contribution in [2.75, 3.05) is 11.9 Å². The lowest BCUT2D eigenvalue weighted by Gasteiger charge is -2.18. The second kappa shape index (κ2) is 6.45. The molecule has 0 aliphatic rings. The molecular weight excluding hydrogens is 295 g/mol. The summed E-state index contributed by atoms with van der Waals surface area (Å²) in [7, 11) is -5.39. The summed E-state index contributed by atoms with van der Waals surface area (Å²) in [6.07, 6.45) is 0.985. The molecule has 0 heterocycles. The number of aliphatic hydroxyl groups excluding tert-OH is 1. The van der Waals surface area contributed by atoms with Crippen molar-refractivity contribution in [3.8, 4) is 0 Å². The van der Waals surface area contributed by atoms with Crippen molar-refractivity contribution in [3.63, 3.8) is 0 Å². The summed E-state index contributed by atoms with van der Waals surface area (Å²) in [5, 5.41) is 11.4. The molecule has 4 nitrogen and oxygen atoms in total. The molecule has 0 fully saturated rings. The molecule has 1 atom stereocenters. The van der Waals surface area contributed by atoms with Crippen LogP contribution in [0.2, 0.25) is 0 Å². The first-order chi connectivity index (χ1) is 9.20. The quantitative estimate of drug-likeness (QED) is 0.847. The van der Waals surface area contributed by atoms with Crippen LogP contribution in [0.1, 0.15) is 19.8 Å². The van der Waals surface area contributed by atoms with Crippen LogP contribution in [0.25, 0.3) is 0 Å². The first-order valence-corrected chi connectivity index (χ1v) is 7.46. The van der Waals surface area contributed by atoms with E-state index in [-0.39, 0.29) is 18.3 Å². The highest BCUT2D eigenvalue weighted by Crippen LogP contribution is 2.34. The molecule has 2 N–H and O–H groups in total. The molecule has 114 valence electrons. The van der Waals surface area contributed by atoms with E-state index in [1.54, 1.807) is 6.92 Å². The largest absolute Gasteiger partial charge is 0.501 e. The Labute approximate surface area is 115 Å². The third kappa shape index (κ3) is 3.86. The Balaban J connectivity index is 3.07. The number of alkyl halides is 3. The van der Waals surface area contributed by atoms with Gasteiger partial charge in [-0.25, -0.2) is 8.42 Å². The zero-order chi connectivity index (χ0) is 15.4. The van der Waals surface area contributed by atoms with Crippen LogP contribution < -0.4 is 5.32 Å². The first kappa shape index (κ1) is 16.8. The Morgan fingerprint density at radius 1 is 1.30 bits per heavy atom. The van der Waals surface area contributed by atoms with E-state index in [4.69, 9.17) is 5.11 Å². The Morgan fingerprint density at radius 2 is 1.90 bits per heavy atom. The second-order valence-corrected chi connectivity index (χ2v) is 6.27. The predicted octanol–water partition coefficient (Wildman–Crippen LogP) is 2.55. The number of anilines is 1. The molecular formula is C12H16F3NO3S. The highest BCUT2D eigenvalue weighted by Gasteiger charge is 2.47. The summed E-state index contributed by atoms with van der Waals surface area (Å²) in [6.45, 7) is 1.67. The minimum atomic E-state index is -5.39. The molecule has 1 aromatic carbocycles.